The maximum absolute atomic E-state index is 11.6. The summed E-state index contributed by atoms with van der Waals surface area (Å²) in [7, 11) is 0. The van der Waals surface area contributed by atoms with Crippen LogP contribution >= 0.6 is 0 Å². The van der Waals surface area contributed by atoms with Crippen molar-refractivity contribution in [1.29, 1.82) is 0 Å². The second-order valence-electron chi connectivity index (χ2n) is 3.90. The van der Waals surface area contributed by atoms with Crippen LogP contribution in [0.3, 0.4) is 0 Å². The summed E-state index contributed by atoms with van der Waals surface area (Å²) in [5, 5.41) is 4.94. The van der Waals surface area contributed by atoms with Gasteiger partial charge in [-0.15, -0.1) is 0 Å². The average Bonchev–Trinajstić information content (AvgIpc) is 2.87. The van der Waals surface area contributed by atoms with Crippen LogP contribution in [0.25, 0.3) is 11.0 Å². The van der Waals surface area contributed by atoms with Crippen molar-refractivity contribution < 1.29 is 0 Å². The first-order chi connectivity index (χ1) is 6.75. The lowest BCUT2D eigenvalue weighted by Gasteiger charge is -2.00. The third kappa shape index (κ3) is 0.999. The highest BCUT2D eigenvalue weighted by Crippen LogP contribution is 2.35. The molecule has 2 aromatic heterocycles. The molecule has 14 heavy (non-hydrogen) atoms. The molecule has 1 fully saturated rings. The second-order valence-corrected chi connectivity index (χ2v) is 3.90. The molecular weight excluding hydrogens is 178 g/mol. The molecule has 1 N–H and O–H groups in total. The van der Waals surface area contributed by atoms with Gasteiger partial charge < -0.3 is 4.98 Å². The van der Waals surface area contributed by atoms with Crippen LogP contribution in [0.4, 0.5) is 0 Å². The summed E-state index contributed by atoms with van der Waals surface area (Å²) in [6, 6.07) is 2.12. The van der Waals surface area contributed by atoms with E-state index in [1.165, 1.54) is 12.8 Å². The van der Waals surface area contributed by atoms with Gasteiger partial charge in [0.05, 0.1) is 17.6 Å². The number of aromatic amines is 1. The van der Waals surface area contributed by atoms with E-state index < -0.39 is 0 Å². The summed E-state index contributed by atoms with van der Waals surface area (Å²) in [6.45, 7) is 1.89. The van der Waals surface area contributed by atoms with E-state index in [1.807, 2.05) is 11.6 Å². The number of aromatic nitrogens is 3. The molecule has 0 aliphatic heterocycles. The highest BCUT2D eigenvalue weighted by Gasteiger charge is 2.26. The molecule has 0 bridgehead atoms. The number of nitrogens with one attached hydrogen (secondary N) is 1. The van der Waals surface area contributed by atoms with Crippen LogP contribution in [0, 0.1) is 6.92 Å². The smallest absolute Gasteiger partial charge is 0.192 e. The van der Waals surface area contributed by atoms with Gasteiger partial charge in [-0.05, 0) is 19.8 Å². The lowest BCUT2D eigenvalue weighted by Crippen LogP contribution is -2.04. The minimum atomic E-state index is 0.0585. The summed E-state index contributed by atoms with van der Waals surface area (Å²) in [6.07, 6.45) is 4.01. The van der Waals surface area contributed by atoms with E-state index in [0.717, 1.165) is 11.3 Å². The normalized spacial score (nSPS) is 16.4. The predicted octanol–water partition coefficient (Wildman–Crippen LogP) is 1.37. The van der Waals surface area contributed by atoms with Gasteiger partial charge in [0.2, 0.25) is 0 Å². The van der Waals surface area contributed by atoms with Crippen LogP contribution in [0.5, 0.6) is 0 Å². The molecule has 2 heterocycles. The van der Waals surface area contributed by atoms with Crippen molar-refractivity contribution in [3.05, 3.63) is 28.2 Å². The van der Waals surface area contributed by atoms with Crippen molar-refractivity contribution in [3.63, 3.8) is 0 Å². The van der Waals surface area contributed by atoms with Crippen molar-refractivity contribution in [1.82, 2.24) is 14.8 Å². The topological polar surface area (TPSA) is 50.7 Å². The summed E-state index contributed by atoms with van der Waals surface area (Å²) >= 11 is 0. The number of aryl methyl sites for hydroxylation is 1. The molecule has 0 spiro atoms. The van der Waals surface area contributed by atoms with Gasteiger partial charge in [-0.2, -0.15) is 5.10 Å². The molecule has 4 nitrogen and oxygen atoms in total. The van der Waals surface area contributed by atoms with E-state index in [2.05, 4.69) is 10.1 Å². The fourth-order valence-electron chi connectivity index (χ4n) is 1.76. The van der Waals surface area contributed by atoms with E-state index in [0.29, 0.717) is 11.4 Å². The van der Waals surface area contributed by atoms with E-state index in [-0.39, 0.29) is 5.43 Å². The van der Waals surface area contributed by atoms with Crippen molar-refractivity contribution >= 4 is 11.0 Å². The molecule has 1 aliphatic rings. The molecule has 0 unspecified atom stereocenters. The maximum atomic E-state index is 11.6. The number of pyridine rings is 1. The number of rotatable bonds is 1. The lowest BCUT2D eigenvalue weighted by atomic mass is 10.3. The number of fused-ring (bicyclic) bond motifs is 1. The van der Waals surface area contributed by atoms with Gasteiger partial charge in [-0.25, -0.2) is 4.68 Å². The van der Waals surface area contributed by atoms with Crippen LogP contribution < -0.4 is 5.43 Å². The Bertz CT molecular complexity index is 548. The Labute approximate surface area is 80.6 Å². The zero-order valence-electron chi connectivity index (χ0n) is 7.95. The summed E-state index contributed by atoms with van der Waals surface area (Å²) in [5.41, 5.74) is 1.82. The standard InChI is InChI=1S/C10H11N3O/c1-6-4-9(14)8-5-11-13(7-2-3-7)10(8)12-6/h4-5,7H,2-3H2,1H3,(H,12,14). The van der Waals surface area contributed by atoms with Gasteiger partial charge in [0.25, 0.3) is 0 Å². The summed E-state index contributed by atoms with van der Waals surface area (Å²) in [5.74, 6) is 0. The van der Waals surface area contributed by atoms with Gasteiger partial charge in [-0.3, -0.25) is 4.79 Å². The highest BCUT2D eigenvalue weighted by atomic mass is 16.1. The zero-order valence-corrected chi connectivity index (χ0v) is 7.95. The van der Waals surface area contributed by atoms with Gasteiger partial charge in [0.1, 0.15) is 5.65 Å². The van der Waals surface area contributed by atoms with Gasteiger partial charge in [0.15, 0.2) is 5.43 Å². The number of hydrogen-bond acceptors (Lipinski definition) is 2. The van der Waals surface area contributed by atoms with Gasteiger partial charge >= 0.3 is 0 Å². The first-order valence-electron chi connectivity index (χ1n) is 4.83. The molecule has 0 radical (unpaired) electrons. The Kier molecular flexibility index (Phi) is 1.37. The quantitative estimate of drug-likeness (QED) is 0.736. The fraction of sp³-hybridized carbons (Fsp3) is 0.400. The average molecular weight is 189 g/mol. The zero-order chi connectivity index (χ0) is 9.71. The van der Waals surface area contributed by atoms with Crippen LogP contribution in [0.1, 0.15) is 24.6 Å². The Balaban J connectivity index is 2.38. The maximum Gasteiger partial charge on any atom is 0.192 e. The molecule has 1 aliphatic carbocycles. The third-order valence-electron chi connectivity index (χ3n) is 2.62. The van der Waals surface area contributed by atoms with Crippen LogP contribution in [0.15, 0.2) is 17.1 Å². The number of hydrogen-bond donors (Lipinski definition) is 1. The first-order valence-corrected chi connectivity index (χ1v) is 4.83. The molecular formula is C10H11N3O. The van der Waals surface area contributed by atoms with E-state index in [1.54, 1.807) is 12.3 Å². The predicted molar refractivity (Wildman–Crippen MR) is 53.4 cm³/mol. The van der Waals surface area contributed by atoms with Crippen LogP contribution in [0.2, 0.25) is 0 Å². The first kappa shape index (κ1) is 7.79. The minimum Gasteiger partial charge on any atom is -0.344 e. The van der Waals surface area contributed by atoms with Gasteiger partial charge in [0, 0.05) is 11.8 Å². The number of nitrogens with zero attached hydrogens (tertiary/aromatic N) is 2. The minimum absolute atomic E-state index is 0.0585. The van der Waals surface area contributed by atoms with Crippen molar-refractivity contribution in [2.75, 3.05) is 0 Å². The van der Waals surface area contributed by atoms with Crippen molar-refractivity contribution in [2.24, 2.45) is 0 Å². The van der Waals surface area contributed by atoms with E-state index in [9.17, 15) is 4.79 Å². The Morgan fingerprint density at radius 2 is 2.36 bits per heavy atom. The Hall–Kier alpha value is -1.58. The Morgan fingerprint density at radius 1 is 1.57 bits per heavy atom. The van der Waals surface area contributed by atoms with Gasteiger partial charge in [-0.1, -0.05) is 0 Å². The highest BCUT2D eigenvalue weighted by molar-refractivity contribution is 5.74. The fourth-order valence-corrected chi connectivity index (χ4v) is 1.76. The summed E-state index contributed by atoms with van der Waals surface area (Å²) in [4.78, 5) is 14.8. The largest absolute Gasteiger partial charge is 0.344 e. The lowest BCUT2D eigenvalue weighted by molar-refractivity contribution is 0.658. The Morgan fingerprint density at radius 3 is 3.07 bits per heavy atom. The molecule has 3 rings (SSSR count). The van der Waals surface area contributed by atoms with E-state index >= 15 is 0 Å². The van der Waals surface area contributed by atoms with E-state index in [4.69, 9.17) is 0 Å². The third-order valence-corrected chi connectivity index (χ3v) is 2.62. The number of H-pyrrole nitrogens is 1. The molecule has 0 aromatic carbocycles. The molecule has 72 valence electrons. The van der Waals surface area contributed by atoms with Crippen LogP contribution in [-0.2, 0) is 0 Å². The monoisotopic (exact) mass is 189 g/mol. The van der Waals surface area contributed by atoms with Crippen molar-refractivity contribution in [2.45, 2.75) is 25.8 Å². The second kappa shape index (κ2) is 2.47. The summed E-state index contributed by atoms with van der Waals surface area (Å²) < 4.78 is 1.93. The molecule has 4 heteroatoms. The molecule has 0 atom stereocenters. The molecule has 2 aromatic rings. The molecule has 1 saturated carbocycles. The van der Waals surface area contributed by atoms with Crippen molar-refractivity contribution in [3.8, 4) is 0 Å². The SMILES string of the molecule is Cc1cc(=O)c2cnn(C3CC3)c2[nH]1. The molecule has 0 amide bonds. The van der Waals surface area contributed by atoms with Crippen LogP contribution in [-0.4, -0.2) is 14.8 Å². The molecule has 0 saturated heterocycles.